The van der Waals surface area contributed by atoms with Crippen molar-refractivity contribution in [2.75, 3.05) is 7.11 Å². The number of rotatable bonds is 7. The highest BCUT2D eigenvalue weighted by Gasteiger charge is 2.22. The van der Waals surface area contributed by atoms with Crippen LogP contribution in [-0.4, -0.2) is 30.2 Å². The largest absolute Gasteiger partial charge is 0.481 e. The monoisotopic (exact) mass is 343 g/mol. The van der Waals surface area contributed by atoms with Crippen molar-refractivity contribution >= 4 is 27.8 Å². The second-order valence-electron chi connectivity index (χ2n) is 4.35. The summed E-state index contributed by atoms with van der Waals surface area (Å²) in [5.41, 5.74) is 0.737. The molecule has 0 heterocycles. The molecule has 2 atom stereocenters. The van der Waals surface area contributed by atoms with Gasteiger partial charge in [-0.1, -0.05) is 35.0 Å². The Labute approximate surface area is 126 Å². The van der Waals surface area contributed by atoms with Gasteiger partial charge in [0.2, 0.25) is 5.91 Å². The SMILES string of the molecule is CCC(OC)C(=O)NC(CC(=O)O)c1cccc(Br)c1. The highest BCUT2D eigenvalue weighted by atomic mass is 79.9. The predicted octanol–water partition coefficient (Wildman–Crippen LogP) is 2.51. The quantitative estimate of drug-likeness (QED) is 0.797. The summed E-state index contributed by atoms with van der Waals surface area (Å²) < 4.78 is 5.89. The van der Waals surface area contributed by atoms with Crippen molar-refractivity contribution in [1.29, 1.82) is 0 Å². The lowest BCUT2D eigenvalue weighted by atomic mass is 10.0. The molecule has 1 amide bonds. The maximum Gasteiger partial charge on any atom is 0.305 e. The molecule has 2 unspecified atom stereocenters. The van der Waals surface area contributed by atoms with Gasteiger partial charge >= 0.3 is 5.97 Å². The zero-order valence-electron chi connectivity index (χ0n) is 11.4. The zero-order valence-corrected chi connectivity index (χ0v) is 13.0. The Hall–Kier alpha value is -1.40. The van der Waals surface area contributed by atoms with Crippen LogP contribution in [0.5, 0.6) is 0 Å². The molecule has 0 bridgehead atoms. The smallest absolute Gasteiger partial charge is 0.305 e. The van der Waals surface area contributed by atoms with Crippen LogP contribution in [0.15, 0.2) is 28.7 Å². The number of benzene rings is 1. The molecule has 5 nitrogen and oxygen atoms in total. The number of carbonyl (C=O) groups is 2. The summed E-state index contributed by atoms with van der Waals surface area (Å²) in [6, 6.07) is 6.64. The maximum atomic E-state index is 12.0. The minimum absolute atomic E-state index is 0.178. The average molecular weight is 344 g/mol. The fraction of sp³-hybridized carbons (Fsp3) is 0.429. The second kappa shape index (κ2) is 8.01. The van der Waals surface area contributed by atoms with Crippen molar-refractivity contribution in [2.24, 2.45) is 0 Å². The van der Waals surface area contributed by atoms with Crippen LogP contribution < -0.4 is 5.32 Å². The molecule has 0 aromatic heterocycles. The van der Waals surface area contributed by atoms with Gasteiger partial charge in [-0.25, -0.2) is 0 Å². The second-order valence-corrected chi connectivity index (χ2v) is 5.26. The Morgan fingerprint density at radius 2 is 2.15 bits per heavy atom. The molecule has 0 aliphatic heterocycles. The number of nitrogens with one attached hydrogen (secondary N) is 1. The molecular weight excluding hydrogens is 326 g/mol. The number of methoxy groups -OCH3 is 1. The van der Waals surface area contributed by atoms with Crippen molar-refractivity contribution in [1.82, 2.24) is 5.32 Å². The summed E-state index contributed by atoms with van der Waals surface area (Å²) in [6.07, 6.45) is -0.221. The van der Waals surface area contributed by atoms with Crippen molar-refractivity contribution in [2.45, 2.75) is 31.9 Å². The first-order valence-corrected chi connectivity index (χ1v) is 7.07. The van der Waals surface area contributed by atoms with Gasteiger partial charge in [-0.15, -0.1) is 0 Å². The van der Waals surface area contributed by atoms with E-state index in [0.717, 1.165) is 10.0 Å². The molecule has 2 N–H and O–H groups in total. The van der Waals surface area contributed by atoms with E-state index < -0.39 is 18.1 Å². The zero-order chi connectivity index (χ0) is 15.1. The van der Waals surface area contributed by atoms with E-state index in [4.69, 9.17) is 9.84 Å². The molecule has 6 heteroatoms. The van der Waals surface area contributed by atoms with Gasteiger partial charge in [0.1, 0.15) is 6.10 Å². The number of hydrogen-bond acceptors (Lipinski definition) is 3. The molecule has 0 saturated heterocycles. The van der Waals surface area contributed by atoms with Crippen molar-refractivity contribution in [3.63, 3.8) is 0 Å². The van der Waals surface area contributed by atoms with Gasteiger partial charge in [-0.05, 0) is 24.1 Å². The van der Waals surface area contributed by atoms with Gasteiger partial charge in [-0.3, -0.25) is 9.59 Å². The number of carboxylic acid groups (broad SMARTS) is 1. The first-order chi connectivity index (χ1) is 9.47. The highest BCUT2D eigenvalue weighted by Crippen LogP contribution is 2.21. The van der Waals surface area contributed by atoms with Crippen molar-refractivity contribution in [3.05, 3.63) is 34.3 Å². The Kier molecular flexibility index (Phi) is 6.67. The minimum Gasteiger partial charge on any atom is -0.481 e. The van der Waals surface area contributed by atoms with Crippen LogP contribution in [0.1, 0.15) is 31.4 Å². The van der Waals surface area contributed by atoms with Gasteiger partial charge in [0, 0.05) is 11.6 Å². The third kappa shape index (κ3) is 4.94. The minimum atomic E-state index is -0.972. The summed E-state index contributed by atoms with van der Waals surface area (Å²) in [5, 5.41) is 11.7. The van der Waals surface area contributed by atoms with E-state index in [1.54, 1.807) is 18.2 Å². The van der Waals surface area contributed by atoms with E-state index in [-0.39, 0.29) is 12.3 Å². The predicted molar refractivity (Wildman–Crippen MR) is 78.4 cm³/mol. The van der Waals surface area contributed by atoms with Crippen LogP contribution in [-0.2, 0) is 14.3 Å². The molecule has 0 radical (unpaired) electrons. The molecule has 0 fully saturated rings. The number of carboxylic acids is 1. The van der Waals surface area contributed by atoms with Crippen molar-refractivity contribution < 1.29 is 19.4 Å². The lowest BCUT2D eigenvalue weighted by Crippen LogP contribution is -2.38. The molecule has 0 spiro atoms. The molecule has 1 rings (SSSR count). The summed E-state index contributed by atoms with van der Waals surface area (Å²) in [4.78, 5) is 23.0. The molecule has 0 aliphatic carbocycles. The number of amides is 1. The third-order valence-electron chi connectivity index (χ3n) is 2.89. The van der Waals surface area contributed by atoms with Gasteiger partial charge in [0.25, 0.3) is 0 Å². The van der Waals surface area contributed by atoms with Crippen LogP contribution in [0.2, 0.25) is 0 Å². The lowest BCUT2D eigenvalue weighted by molar-refractivity contribution is -0.138. The number of ether oxygens (including phenoxy) is 1. The van der Waals surface area contributed by atoms with Gasteiger partial charge in [0.05, 0.1) is 12.5 Å². The normalized spacial score (nSPS) is 13.6. The van der Waals surface area contributed by atoms with E-state index >= 15 is 0 Å². The maximum absolute atomic E-state index is 12.0. The van der Waals surface area contributed by atoms with Crippen LogP contribution >= 0.6 is 15.9 Å². The van der Waals surface area contributed by atoms with Gasteiger partial charge in [-0.2, -0.15) is 0 Å². The van der Waals surface area contributed by atoms with Gasteiger partial charge in [0.15, 0.2) is 0 Å². The van der Waals surface area contributed by atoms with Crippen LogP contribution in [0.4, 0.5) is 0 Å². The van der Waals surface area contributed by atoms with Crippen LogP contribution in [0.3, 0.4) is 0 Å². The Morgan fingerprint density at radius 1 is 1.45 bits per heavy atom. The first-order valence-electron chi connectivity index (χ1n) is 6.28. The molecule has 1 aromatic rings. The fourth-order valence-corrected chi connectivity index (χ4v) is 2.29. The Bertz CT molecular complexity index is 474. The molecule has 1 aromatic carbocycles. The number of hydrogen-bond donors (Lipinski definition) is 2. The summed E-state index contributed by atoms with van der Waals surface area (Å²) in [6.45, 7) is 1.83. The van der Waals surface area contributed by atoms with E-state index in [1.165, 1.54) is 7.11 Å². The Balaban J connectivity index is 2.90. The summed E-state index contributed by atoms with van der Waals surface area (Å²) >= 11 is 3.33. The number of aliphatic carboxylic acids is 1. The number of halogens is 1. The highest BCUT2D eigenvalue weighted by molar-refractivity contribution is 9.10. The van der Waals surface area contributed by atoms with Crippen LogP contribution in [0, 0.1) is 0 Å². The van der Waals surface area contributed by atoms with Gasteiger partial charge < -0.3 is 15.2 Å². The van der Waals surface area contributed by atoms with E-state index in [2.05, 4.69) is 21.2 Å². The lowest BCUT2D eigenvalue weighted by Gasteiger charge is -2.21. The third-order valence-corrected chi connectivity index (χ3v) is 3.39. The summed E-state index contributed by atoms with van der Waals surface area (Å²) in [5.74, 6) is -1.28. The molecular formula is C14H18BrNO4. The van der Waals surface area contributed by atoms with E-state index in [1.807, 2.05) is 13.0 Å². The molecule has 20 heavy (non-hydrogen) atoms. The van der Waals surface area contributed by atoms with E-state index in [9.17, 15) is 9.59 Å². The van der Waals surface area contributed by atoms with Crippen LogP contribution in [0.25, 0.3) is 0 Å². The topological polar surface area (TPSA) is 75.6 Å². The summed E-state index contributed by atoms with van der Waals surface area (Å²) in [7, 11) is 1.46. The first kappa shape index (κ1) is 16.7. The molecule has 0 aliphatic rings. The molecule has 0 saturated carbocycles. The fourth-order valence-electron chi connectivity index (χ4n) is 1.87. The van der Waals surface area contributed by atoms with E-state index in [0.29, 0.717) is 6.42 Å². The number of carbonyl (C=O) groups excluding carboxylic acids is 1. The average Bonchev–Trinajstić information content (AvgIpc) is 2.39. The van der Waals surface area contributed by atoms with Crippen molar-refractivity contribution in [3.8, 4) is 0 Å². The Morgan fingerprint density at radius 3 is 2.65 bits per heavy atom. The standard InChI is InChI=1S/C14H18BrNO4/c1-3-12(20-2)14(19)16-11(8-13(17)18)9-5-4-6-10(15)7-9/h4-7,11-12H,3,8H2,1-2H3,(H,16,19)(H,17,18). The molecule has 110 valence electrons.